The van der Waals surface area contributed by atoms with E-state index < -0.39 is 0 Å². The minimum absolute atomic E-state index is 0.418. The molecule has 0 spiro atoms. The first kappa shape index (κ1) is 5.83. The Kier molecular flexibility index (Phi) is 1.04. The molecule has 1 aromatic rings. The summed E-state index contributed by atoms with van der Waals surface area (Å²) in [6, 6.07) is 0. The smallest absolute Gasteiger partial charge is 0.115 e. The average Bonchev–Trinajstić information content (AvgIpc) is 2.72. The van der Waals surface area contributed by atoms with Crippen molar-refractivity contribution in [3.63, 3.8) is 0 Å². The molecule has 2 heteroatoms. The monoisotopic (exact) mass is 134 g/mol. The first-order chi connectivity index (χ1) is 4.81. The quantitative estimate of drug-likeness (QED) is 0.582. The molecule has 2 nitrogen and oxygen atoms in total. The van der Waals surface area contributed by atoms with E-state index in [1.165, 1.54) is 18.4 Å². The van der Waals surface area contributed by atoms with Gasteiger partial charge in [-0.25, -0.2) is 9.97 Å². The molecular weight excluding hydrogens is 124 g/mol. The third-order valence-corrected chi connectivity index (χ3v) is 2.26. The maximum atomic E-state index is 3.98. The average molecular weight is 134 g/mol. The van der Waals surface area contributed by atoms with Crippen LogP contribution in [0, 0.1) is 0 Å². The second-order valence-electron chi connectivity index (χ2n) is 3.19. The Morgan fingerprint density at radius 2 is 1.90 bits per heavy atom. The van der Waals surface area contributed by atoms with Crippen molar-refractivity contribution in [3.8, 4) is 0 Å². The van der Waals surface area contributed by atoms with Crippen LogP contribution in [0.3, 0.4) is 0 Å². The molecule has 1 aliphatic rings. The first-order valence-electron chi connectivity index (χ1n) is 3.57. The van der Waals surface area contributed by atoms with E-state index in [1.807, 2.05) is 12.4 Å². The summed E-state index contributed by atoms with van der Waals surface area (Å²) in [5.41, 5.74) is 1.70. The van der Waals surface area contributed by atoms with Gasteiger partial charge in [0.15, 0.2) is 0 Å². The Labute approximate surface area is 60.3 Å². The zero-order chi connectivity index (χ0) is 7.03. The van der Waals surface area contributed by atoms with E-state index in [1.54, 1.807) is 6.33 Å². The van der Waals surface area contributed by atoms with Crippen molar-refractivity contribution in [3.05, 3.63) is 24.3 Å². The summed E-state index contributed by atoms with van der Waals surface area (Å²) in [5, 5.41) is 0. The molecule has 2 rings (SSSR count). The Morgan fingerprint density at radius 3 is 2.40 bits per heavy atom. The van der Waals surface area contributed by atoms with E-state index in [0.29, 0.717) is 5.41 Å². The molecule has 0 bridgehead atoms. The summed E-state index contributed by atoms with van der Waals surface area (Å²) in [6.45, 7) is 2.26. The van der Waals surface area contributed by atoms with Crippen molar-refractivity contribution in [2.45, 2.75) is 25.2 Å². The van der Waals surface area contributed by atoms with E-state index in [9.17, 15) is 0 Å². The van der Waals surface area contributed by atoms with Crippen LogP contribution >= 0.6 is 0 Å². The van der Waals surface area contributed by atoms with Gasteiger partial charge in [0.05, 0.1) is 0 Å². The molecule has 1 fully saturated rings. The molecule has 0 saturated heterocycles. The fourth-order valence-corrected chi connectivity index (χ4v) is 1.09. The molecule has 0 aliphatic heterocycles. The molecule has 10 heavy (non-hydrogen) atoms. The second-order valence-corrected chi connectivity index (χ2v) is 3.19. The van der Waals surface area contributed by atoms with Crippen molar-refractivity contribution in [2.75, 3.05) is 0 Å². The van der Waals surface area contributed by atoms with E-state index >= 15 is 0 Å². The molecular formula is C8H10N2. The fourth-order valence-electron chi connectivity index (χ4n) is 1.09. The van der Waals surface area contributed by atoms with Crippen molar-refractivity contribution in [1.82, 2.24) is 9.97 Å². The highest BCUT2D eigenvalue weighted by Gasteiger charge is 2.39. The molecule has 0 atom stereocenters. The van der Waals surface area contributed by atoms with Crippen LogP contribution in [0.5, 0.6) is 0 Å². The minimum Gasteiger partial charge on any atom is -0.245 e. The molecule has 0 unspecified atom stereocenters. The van der Waals surface area contributed by atoms with Gasteiger partial charge in [0, 0.05) is 12.4 Å². The largest absolute Gasteiger partial charge is 0.245 e. The van der Waals surface area contributed by atoms with Crippen LogP contribution in [-0.4, -0.2) is 9.97 Å². The maximum absolute atomic E-state index is 3.98. The molecule has 1 saturated carbocycles. The van der Waals surface area contributed by atoms with Crippen molar-refractivity contribution >= 4 is 0 Å². The van der Waals surface area contributed by atoms with Gasteiger partial charge in [0.2, 0.25) is 0 Å². The minimum atomic E-state index is 0.418. The van der Waals surface area contributed by atoms with Gasteiger partial charge in [0.1, 0.15) is 6.33 Å². The lowest BCUT2D eigenvalue weighted by Gasteiger charge is -2.04. The van der Waals surface area contributed by atoms with Crippen molar-refractivity contribution in [1.29, 1.82) is 0 Å². The molecule has 1 aliphatic carbocycles. The Morgan fingerprint density at radius 1 is 1.30 bits per heavy atom. The zero-order valence-electron chi connectivity index (χ0n) is 6.04. The van der Waals surface area contributed by atoms with Crippen molar-refractivity contribution < 1.29 is 0 Å². The number of rotatable bonds is 1. The Balaban J connectivity index is 2.35. The molecule has 1 heterocycles. The van der Waals surface area contributed by atoms with Crippen molar-refractivity contribution in [2.24, 2.45) is 0 Å². The zero-order valence-corrected chi connectivity index (χ0v) is 6.04. The lowest BCUT2D eigenvalue weighted by Crippen LogP contribution is -2.00. The van der Waals surface area contributed by atoms with Crippen LogP contribution in [0.25, 0.3) is 0 Å². The Bertz CT molecular complexity index is 226. The SMILES string of the molecule is CC1(c2cncnc2)CC1. The van der Waals surface area contributed by atoms with Crippen LogP contribution < -0.4 is 0 Å². The van der Waals surface area contributed by atoms with E-state index in [-0.39, 0.29) is 0 Å². The molecule has 0 aromatic carbocycles. The molecule has 52 valence electrons. The highest BCUT2D eigenvalue weighted by molar-refractivity contribution is 5.23. The molecule has 0 N–H and O–H groups in total. The van der Waals surface area contributed by atoms with Gasteiger partial charge < -0.3 is 0 Å². The standard InChI is InChI=1S/C8H10N2/c1-8(2-3-8)7-4-9-6-10-5-7/h4-6H,2-3H2,1H3. The first-order valence-corrected chi connectivity index (χ1v) is 3.57. The maximum Gasteiger partial charge on any atom is 0.115 e. The van der Waals surface area contributed by atoms with Gasteiger partial charge in [-0.3, -0.25) is 0 Å². The highest BCUT2D eigenvalue weighted by Crippen LogP contribution is 2.46. The van der Waals surface area contributed by atoms with Gasteiger partial charge >= 0.3 is 0 Å². The third kappa shape index (κ3) is 0.801. The van der Waals surface area contributed by atoms with Crippen LogP contribution in [0.4, 0.5) is 0 Å². The van der Waals surface area contributed by atoms with E-state index in [0.717, 1.165) is 0 Å². The summed E-state index contributed by atoms with van der Waals surface area (Å²) in [4.78, 5) is 7.96. The normalized spacial score (nSPS) is 20.5. The third-order valence-electron chi connectivity index (χ3n) is 2.26. The fraction of sp³-hybridized carbons (Fsp3) is 0.500. The lowest BCUT2D eigenvalue weighted by molar-refractivity contribution is 0.772. The number of nitrogens with zero attached hydrogens (tertiary/aromatic N) is 2. The van der Waals surface area contributed by atoms with Crippen LogP contribution in [0.15, 0.2) is 18.7 Å². The lowest BCUT2D eigenvalue weighted by atomic mass is 10.0. The van der Waals surface area contributed by atoms with E-state index in [4.69, 9.17) is 0 Å². The number of hydrogen-bond donors (Lipinski definition) is 0. The van der Waals surface area contributed by atoms with E-state index in [2.05, 4.69) is 16.9 Å². The summed E-state index contributed by atoms with van der Waals surface area (Å²) >= 11 is 0. The second kappa shape index (κ2) is 1.78. The Hall–Kier alpha value is -0.920. The predicted molar refractivity (Wildman–Crippen MR) is 38.6 cm³/mol. The van der Waals surface area contributed by atoms with Gasteiger partial charge in [-0.2, -0.15) is 0 Å². The van der Waals surface area contributed by atoms with Crippen LogP contribution in [-0.2, 0) is 5.41 Å². The number of aromatic nitrogens is 2. The summed E-state index contributed by atoms with van der Waals surface area (Å²) < 4.78 is 0. The van der Waals surface area contributed by atoms with Gasteiger partial charge in [-0.1, -0.05) is 6.92 Å². The van der Waals surface area contributed by atoms with Crippen LogP contribution in [0.2, 0.25) is 0 Å². The molecule has 0 amide bonds. The van der Waals surface area contributed by atoms with Crippen LogP contribution in [0.1, 0.15) is 25.3 Å². The highest BCUT2D eigenvalue weighted by atomic mass is 14.8. The number of hydrogen-bond acceptors (Lipinski definition) is 2. The molecule has 0 radical (unpaired) electrons. The predicted octanol–water partition coefficient (Wildman–Crippen LogP) is 1.53. The summed E-state index contributed by atoms with van der Waals surface area (Å²) in [7, 11) is 0. The summed E-state index contributed by atoms with van der Waals surface area (Å²) in [5.74, 6) is 0. The van der Waals surface area contributed by atoms with Gasteiger partial charge in [-0.15, -0.1) is 0 Å². The van der Waals surface area contributed by atoms with Gasteiger partial charge in [-0.05, 0) is 23.8 Å². The summed E-state index contributed by atoms with van der Waals surface area (Å²) in [6.07, 6.45) is 8.00. The van der Waals surface area contributed by atoms with Gasteiger partial charge in [0.25, 0.3) is 0 Å². The topological polar surface area (TPSA) is 25.8 Å². The molecule has 1 aromatic heterocycles.